The van der Waals surface area contributed by atoms with Gasteiger partial charge in [0.25, 0.3) is 0 Å². The van der Waals surface area contributed by atoms with Crippen molar-refractivity contribution >= 4 is 10.1 Å². The first-order valence-corrected chi connectivity index (χ1v) is 3.74. The molecule has 10 heteroatoms. The zero-order chi connectivity index (χ0) is 10.9. The molecule has 0 heterocycles. The molecular formula is C3F5NO3S. The highest BCUT2D eigenvalue weighted by atomic mass is 32.2. The summed E-state index contributed by atoms with van der Waals surface area (Å²) in [5, 5.41) is 1.39. The maximum absolute atomic E-state index is 11.9. The van der Waals surface area contributed by atoms with Crippen LogP contribution in [0.25, 0.3) is 0 Å². The molecule has 0 N–H and O–H groups in total. The van der Waals surface area contributed by atoms with E-state index in [4.69, 9.17) is 5.26 Å². The zero-order valence-electron chi connectivity index (χ0n) is 5.47. The number of hydrogen-bond donors (Lipinski definition) is 0. The van der Waals surface area contributed by atoms with Gasteiger partial charge in [-0.3, -0.25) is 4.18 Å². The minimum atomic E-state index is -6.32. The van der Waals surface area contributed by atoms with Crippen LogP contribution >= 0.6 is 0 Å². The SMILES string of the molecule is N#COS(=O)(=O)C(F)(F)C(F)(F)F. The largest absolute Gasteiger partial charge is 0.476 e. The van der Waals surface area contributed by atoms with E-state index < -0.39 is 21.5 Å². The molecule has 0 atom stereocenters. The molecule has 0 fully saturated rings. The molecule has 0 aliphatic carbocycles. The molecule has 13 heavy (non-hydrogen) atoms. The Morgan fingerprint density at radius 3 is 1.77 bits per heavy atom. The van der Waals surface area contributed by atoms with Gasteiger partial charge in [-0.05, 0) is 0 Å². The summed E-state index contributed by atoms with van der Waals surface area (Å²) in [6, 6.07) is 0. The summed E-state index contributed by atoms with van der Waals surface area (Å²) in [7, 11) is -6.29. The quantitative estimate of drug-likeness (QED) is 0.399. The van der Waals surface area contributed by atoms with Gasteiger partial charge in [0.2, 0.25) is 0 Å². The van der Waals surface area contributed by atoms with Gasteiger partial charge in [0.05, 0.1) is 0 Å². The summed E-state index contributed by atoms with van der Waals surface area (Å²) in [4.78, 5) is 0. The van der Waals surface area contributed by atoms with Gasteiger partial charge in [-0.1, -0.05) is 0 Å². The van der Waals surface area contributed by atoms with Gasteiger partial charge in [-0.15, -0.1) is 5.26 Å². The third-order valence-electron chi connectivity index (χ3n) is 0.791. The van der Waals surface area contributed by atoms with Gasteiger partial charge in [0.1, 0.15) is 0 Å². The fourth-order valence-electron chi connectivity index (χ4n) is 0.243. The molecule has 0 aliphatic rings. The van der Waals surface area contributed by atoms with Crippen molar-refractivity contribution in [1.82, 2.24) is 0 Å². The summed E-state index contributed by atoms with van der Waals surface area (Å²) in [6.45, 7) is 0. The third-order valence-corrected chi connectivity index (χ3v) is 1.94. The molecule has 0 saturated heterocycles. The second kappa shape index (κ2) is 2.99. The Bertz CT molecular complexity index is 324. The lowest BCUT2D eigenvalue weighted by atomic mass is 10.7. The van der Waals surface area contributed by atoms with E-state index in [0.717, 1.165) is 0 Å². The molecule has 0 radical (unpaired) electrons. The van der Waals surface area contributed by atoms with Crippen LogP contribution in [0.5, 0.6) is 0 Å². The smallest absolute Gasteiger partial charge is 0.298 e. The summed E-state index contributed by atoms with van der Waals surface area (Å²) < 4.78 is 80.4. The highest BCUT2D eigenvalue weighted by molar-refractivity contribution is 7.88. The van der Waals surface area contributed by atoms with Crippen LogP contribution < -0.4 is 0 Å². The van der Waals surface area contributed by atoms with E-state index in [9.17, 15) is 30.4 Å². The highest BCUT2D eigenvalue weighted by Crippen LogP contribution is 2.40. The average molecular weight is 225 g/mol. The molecule has 0 aromatic heterocycles. The molecule has 0 aromatic carbocycles. The predicted molar refractivity (Wildman–Crippen MR) is 26.6 cm³/mol. The molecule has 0 spiro atoms. The molecule has 0 aromatic rings. The Labute approximate surface area is 68.6 Å². The molecule has 0 unspecified atom stereocenters. The van der Waals surface area contributed by atoms with E-state index in [1.165, 1.54) is 0 Å². The van der Waals surface area contributed by atoms with E-state index in [0.29, 0.717) is 0 Å². The van der Waals surface area contributed by atoms with Crippen molar-refractivity contribution in [3.8, 4) is 6.26 Å². The van der Waals surface area contributed by atoms with Gasteiger partial charge in [-0.2, -0.15) is 30.4 Å². The lowest BCUT2D eigenvalue weighted by molar-refractivity contribution is -0.243. The van der Waals surface area contributed by atoms with Crippen LogP contribution in [-0.4, -0.2) is 19.8 Å². The average Bonchev–Trinajstić information content (AvgIpc) is 1.84. The molecule has 0 amide bonds. The molecule has 0 rings (SSSR count). The Morgan fingerprint density at radius 1 is 1.15 bits per heavy atom. The number of nitrogens with zero attached hydrogens (tertiary/aromatic N) is 1. The predicted octanol–water partition coefficient (Wildman–Crippen LogP) is 0.969. The molecule has 76 valence electrons. The van der Waals surface area contributed by atoms with E-state index >= 15 is 0 Å². The van der Waals surface area contributed by atoms with Crippen molar-refractivity contribution in [3.05, 3.63) is 0 Å². The van der Waals surface area contributed by atoms with Gasteiger partial charge < -0.3 is 0 Å². The highest BCUT2D eigenvalue weighted by Gasteiger charge is 2.69. The van der Waals surface area contributed by atoms with E-state index in [2.05, 4.69) is 4.18 Å². The van der Waals surface area contributed by atoms with Gasteiger partial charge >= 0.3 is 27.8 Å². The van der Waals surface area contributed by atoms with E-state index in [1.54, 1.807) is 0 Å². The Balaban J connectivity index is 5.21. The van der Waals surface area contributed by atoms with Gasteiger partial charge in [0, 0.05) is 0 Å². The van der Waals surface area contributed by atoms with Crippen LogP contribution in [0, 0.1) is 11.5 Å². The lowest BCUT2D eigenvalue weighted by Gasteiger charge is -2.16. The van der Waals surface area contributed by atoms with E-state index in [1.807, 2.05) is 0 Å². The summed E-state index contributed by atoms with van der Waals surface area (Å²) in [6.07, 6.45) is -6.10. The maximum atomic E-state index is 11.9. The van der Waals surface area contributed by atoms with Crippen molar-refractivity contribution < 1.29 is 34.6 Å². The van der Waals surface area contributed by atoms with Gasteiger partial charge in [-0.25, -0.2) is 0 Å². The topological polar surface area (TPSA) is 67.2 Å². The second-order valence-corrected chi connectivity index (χ2v) is 3.23. The van der Waals surface area contributed by atoms with Crippen LogP contribution in [0.3, 0.4) is 0 Å². The Kier molecular flexibility index (Phi) is 2.73. The monoisotopic (exact) mass is 225 g/mol. The number of nitriles is 1. The third kappa shape index (κ3) is 1.97. The number of hydrogen-bond acceptors (Lipinski definition) is 4. The number of rotatable bonds is 2. The molecular weight excluding hydrogens is 225 g/mol. The van der Waals surface area contributed by atoms with Crippen LogP contribution in [0.1, 0.15) is 0 Å². The molecule has 4 nitrogen and oxygen atoms in total. The fourth-order valence-corrected chi connectivity index (χ4v) is 0.729. The van der Waals surface area contributed by atoms with E-state index in [-0.39, 0.29) is 6.26 Å². The molecule has 0 saturated carbocycles. The number of alkyl halides is 5. The van der Waals surface area contributed by atoms with Crippen LogP contribution in [0.4, 0.5) is 22.0 Å². The van der Waals surface area contributed by atoms with Gasteiger partial charge in [0.15, 0.2) is 0 Å². The Hall–Kier alpha value is -1.11. The summed E-state index contributed by atoms with van der Waals surface area (Å²) in [5.41, 5.74) is 0. The van der Waals surface area contributed by atoms with Crippen LogP contribution in [-0.2, 0) is 14.3 Å². The maximum Gasteiger partial charge on any atom is 0.476 e. The lowest BCUT2D eigenvalue weighted by Crippen LogP contribution is -2.44. The molecule has 0 aliphatic heterocycles. The van der Waals surface area contributed by atoms with Crippen molar-refractivity contribution in [2.45, 2.75) is 11.4 Å². The summed E-state index contributed by atoms with van der Waals surface area (Å²) >= 11 is 0. The minimum Gasteiger partial charge on any atom is -0.298 e. The van der Waals surface area contributed by atoms with Crippen molar-refractivity contribution in [2.24, 2.45) is 0 Å². The fraction of sp³-hybridized carbons (Fsp3) is 0.667. The minimum absolute atomic E-state index is 0.218. The summed E-state index contributed by atoms with van der Waals surface area (Å²) in [5.74, 6) is 0. The zero-order valence-corrected chi connectivity index (χ0v) is 6.29. The van der Waals surface area contributed by atoms with Crippen molar-refractivity contribution in [2.75, 3.05) is 0 Å². The standard InChI is InChI=1S/C3F5NO3S/c4-2(5,6)3(7,8)13(10,11)12-1-9. The van der Waals surface area contributed by atoms with Crippen molar-refractivity contribution in [3.63, 3.8) is 0 Å². The first-order valence-electron chi connectivity index (χ1n) is 2.33. The van der Waals surface area contributed by atoms with Crippen LogP contribution in [0.2, 0.25) is 0 Å². The van der Waals surface area contributed by atoms with Crippen molar-refractivity contribution in [1.29, 1.82) is 5.26 Å². The first-order chi connectivity index (χ1) is 5.56. The first kappa shape index (κ1) is 11.9. The normalized spacial score (nSPS) is 13.5. The Morgan fingerprint density at radius 2 is 1.54 bits per heavy atom. The molecule has 0 bridgehead atoms. The number of halogens is 5. The van der Waals surface area contributed by atoms with Crippen LogP contribution in [0.15, 0.2) is 0 Å². The second-order valence-electron chi connectivity index (χ2n) is 1.64.